The molecule has 0 aliphatic carbocycles. The number of hydrogen-bond acceptors (Lipinski definition) is 6. The summed E-state index contributed by atoms with van der Waals surface area (Å²) in [6.07, 6.45) is 1.28. The van der Waals surface area contributed by atoms with Crippen LogP contribution in [0.15, 0.2) is 53.6 Å². The van der Waals surface area contributed by atoms with Crippen molar-refractivity contribution >= 4 is 44.9 Å². The molecule has 3 rings (SSSR count). The van der Waals surface area contributed by atoms with E-state index in [4.69, 9.17) is 17.3 Å². The van der Waals surface area contributed by atoms with E-state index in [-0.39, 0.29) is 33.7 Å². The standard InChI is InChI=1S/C21H22ClN5O3S/c1-4-27(19-7-5-6-18(23)25-19)21(28)20-17(11-15(22)12-24-20)26-31(29,30)16-9-8-13(2)14(3)10-16/h5-12,26H,4H2,1-3H3,(H2,23,25). The number of hydrogen-bond donors (Lipinski definition) is 2. The Morgan fingerprint density at radius 3 is 2.55 bits per heavy atom. The van der Waals surface area contributed by atoms with E-state index in [1.54, 1.807) is 37.3 Å². The number of pyridine rings is 2. The smallest absolute Gasteiger partial charge is 0.280 e. The molecule has 0 saturated heterocycles. The zero-order valence-electron chi connectivity index (χ0n) is 17.3. The molecule has 0 aliphatic heterocycles. The summed E-state index contributed by atoms with van der Waals surface area (Å²) in [5, 5.41) is 0.180. The minimum atomic E-state index is -3.98. The van der Waals surface area contributed by atoms with Crippen molar-refractivity contribution in [2.75, 3.05) is 21.9 Å². The van der Waals surface area contributed by atoms with Crippen molar-refractivity contribution < 1.29 is 13.2 Å². The van der Waals surface area contributed by atoms with E-state index in [0.29, 0.717) is 5.82 Å². The zero-order valence-corrected chi connectivity index (χ0v) is 18.8. The molecule has 0 fully saturated rings. The summed E-state index contributed by atoms with van der Waals surface area (Å²) < 4.78 is 28.4. The minimum absolute atomic E-state index is 0.0296. The van der Waals surface area contributed by atoms with E-state index < -0.39 is 15.9 Å². The van der Waals surface area contributed by atoms with Crippen LogP contribution in [-0.2, 0) is 10.0 Å². The molecule has 1 amide bonds. The lowest BCUT2D eigenvalue weighted by molar-refractivity contribution is 0.0984. The number of amides is 1. The van der Waals surface area contributed by atoms with Crippen molar-refractivity contribution in [3.05, 3.63) is 70.5 Å². The number of carbonyl (C=O) groups excluding carboxylic acids is 1. The van der Waals surface area contributed by atoms with Gasteiger partial charge in [0.2, 0.25) is 0 Å². The van der Waals surface area contributed by atoms with Crippen molar-refractivity contribution in [3.8, 4) is 0 Å². The van der Waals surface area contributed by atoms with Crippen LogP contribution in [0.1, 0.15) is 28.5 Å². The number of sulfonamides is 1. The molecule has 0 saturated carbocycles. The van der Waals surface area contributed by atoms with Crippen molar-refractivity contribution in [1.29, 1.82) is 0 Å². The maximum Gasteiger partial charge on any atom is 0.280 e. The maximum atomic E-state index is 13.2. The number of nitrogens with zero attached hydrogens (tertiary/aromatic N) is 3. The summed E-state index contributed by atoms with van der Waals surface area (Å²) in [5.74, 6) is 0.0331. The average molecular weight is 460 g/mol. The first-order chi connectivity index (χ1) is 14.6. The van der Waals surface area contributed by atoms with Crippen molar-refractivity contribution in [1.82, 2.24) is 9.97 Å². The van der Waals surface area contributed by atoms with E-state index in [9.17, 15) is 13.2 Å². The first-order valence-electron chi connectivity index (χ1n) is 9.42. The predicted molar refractivity (Wildman–Crippen MR) is 122 cm³/mol. The Morgan fingerprint density at radius 1 is 1.16 bits per heavy atom. The van der Waals surface area contributed by atoms with Crippen LogP contribution in [0.2, 0.25) is 5.02 Å². The van der Waals surface area contributed by atoms with Crippen molar-refractivity contribution in [2.45, 2.75) is 25.7 Å². The molecule has 0 atom stereocenters. The highest BCUT2D eigenvalue weighted by molar-refractivity contribution is 7.92. The summed E-state index contributed by atoms with van der Waals surface area (Å²) in [4.78, 5) is 22.9. The van der Waals surface area contributed by atoms with Crippen LogP contribution in [0, 0.1) is 13.8 Å². The average Bonchev–Trinajstić information content (AvgIpc) is 2.70. The van der Waals surface area contributed by atoms with Gasteiger partial charge in [-0.05, 0) is 62.2 Å². The van der Waals surface area contributed by atoms with Crippen LogP contribution in [-0.4, -0.2) is 30.8 Å². The van der Waals surface area contributed by atoms with Gasteiger partial charge in [-0.25, -0.2) is 18.4 Å². The Balaban J connectivity index is 2.02. The second-order valence-corrected chi connectivity index (χ2v) is 8.99. The molecule has 31 heavy (non-hydrogen) atoms. The number of nitrogens with one attached hydrogen (secondary N) is 1. The molecule has 3 N–H and O–H groups in total. The van der Waals surface area contributed by atoms with E-state index in [1.807, 2.05) is 13.8 Å². The lowest BCUT2D eigenvalue weighted by atomic mass is 10.1. The van der Waals surface area contributed by atoms with Crippen LogP contribution in [0.5, 0.6) is 0 Å². The third-order valence-electron chi connectivity index (χ3n) is 4.68. The second kappa shape index (κ2) is 8.91. The monoisotopic (exact) mass is 459 g/mol. The Morgan fingerprint density at radius 2 is 1.90 bits per heavy atom. The van der Waals surface area contributed by atoms with Gasteiger partial charge in [-0.1, -0.05) is 23.7 Å². The normalized spacial score (nSPS) is 11.2. The van der Waals surface area contributed by atoms with Gasteiger partial charge in [0.25, 0.3) is 15.9 Å². The minimum Gasteiger partial charge on any atom is -0.384 e. The molecule has 0 bridgehead atoms. The van der Waals surface area contributed by atoms with E-state index in [1.165, 1.54) is 23.2 Å². The van der Waals surface area contributed by atoms with Crippen molar-refractivity contribution in [3.63, 3.8) is 0 Å². The van der Waals surface area contributed by atoms with Gasteiger partial charge < -0.3 is 5.73 Å². The van der Waals surface area contributed by atoms with Gasteiger partial charge in [-0.15, -0.1) is 0 Å². The molecular formula is C21H22ClN5O3S. The zero-order chi connectivity index (χ0) is 22.8. The molecule has 3 aromatic rings. The Hall–Kier alpha value is -3.17. The Labute approximate surface area is 186 Å². The second-order valence-electron chi connectivity index (χ2n) is 6.87. The third kappa shape index (κ3) is 4.95. The number of halogens is 1. The molecule has 2 heterocycles. The van der Waals surface area contributed by atoms with Gasteiger partial charge in [0.15, 0.2) is 5.69 Å². The number of carbonyl (C=O) groups is 1. The number of benzene rings is 1. The summed E-state index contributed by atoms with van der Waals surface area (Å²) in [6.45, 7) is 5.74. The summed E-state index contributed by atoms with van der Waals surface area (Å²) >= 11 is 6.04. The fourth-order valence-corrected chi connectivity index (χ4v) is 4.20. The van der Waals surface area contributed by atoms with Crippen LogP contribution < -0.4 is 15.4 Å². The Bertz CT molecular complexity index is 1250. The highest BCUT2D eigenvalue weighted by atomic mass is 35.5. The number of aryl methyl sites for hydroxylation is 2. The quantitative estimate of drug-likeness (QED) is 0.578. The summed E-state index contributed by atoms with van der Waals surface area (Å²) in [7, 11) is -3.98. The molecule has 8 nitrogen and oxygen atoms in total. The fourth-order valence-electron chi connectivity index (χ4n) is 2.90. The fraction of sp³-hybridized carbons (Fsp3) is 0.190. The van der Waals surface area contributed by atoms with Gasteiger partial charge in [-0.3, -0.25) is 14.4 Å². The number of anilines is 3. The molecule has 1 aromatic carbocycles. The van der Waals surface area contributed by atoms with Crippen LogP contribution >= 0.6 is 11.6 Å². The molecule has 0 radical (unpaired) electrons. The van der Waals surface area contributed by atoms with Gasteiger partial charge in [-0.2, -0.15) is 0 Å². The molecular weight excluding hydrogens is 438 g/mol. The number of nitrogens with two attached hydrogens (primary N) is 1. The topological polar surface area (TPSA) is 118 Å². The lowest BCUT2D eigenvalue weighted by Gasteiger charge is -2.21. The number of nitrogen functional groups attached to an aromatic ring is 1. The number of aromatic nitrogens is 2. The van der Waals surface area contributed by atoms with Crippen LogP contribution in [0.3, 0.4) is 0 Å². The Kier molecular flexibility index (Phi) is 6.47. The highest BCUT2D eigenvalue weighted by Gasteiger charge is 2.25. The molecule has 0 aliphatic rings. The lowest BCUT2D eigenvalue weighted by Crippen LogP contribution is -2.33. The first kappa shape index (κ1) is 22.5. The van der Waals surface area contributed by atoms with Gasteiger partial charge >= 0.3 is 0 Å². The molecule has 2 aromatic heterocycles. The van der Waals surface area contributed by atoms with Crippen molar-refractivity contribution in [2.24, 2.45) is 0 Å². The van der Waals surface area contributed by atoms with Gasteiger partial charge in [0.1, 0.15) is 11.6 Å². The molecule has 0 unspecified atom stereocenters. The van der Waals surface area contributed by atoms with Gasteiger partial charge in [0.05, 0.1) is 15.6 Å². The molecule has 0 spiro atoms. The van der Waals surface area contributed by atoms with Crippen LogP contribution in [0.25, 0.3) is 0 Å². The van der Waals surface area contributed by atoms with E-state index in [2.05, 4.69) is 14.7 Å². The highest BCUT2D eigenvalue weighted by Crippen LogP contribution is 2.26. The number of rotatable bonds is 6. The van der Waals surface area contributed by atoms with Gasteiger partial charge in [0, 0.05) is 12.7 Å². The van der Waals surface area contributed by atoms with E-state index in [0.717, 1.165) is 11.1 Å². The molecule has 10 heteroatoms. The predicted octanol–water partition coefficient (Wildman–Crippen LogP) is 3.80. The largest absolute Gasteiger partial charge is 0.384 e. The van der Waals surface area contributed by atoms with Crippen LogP contribution in [0.4, 0.5) is 17.3 Å². The summed E-state index contributed by atoms with van der Waals surface area (Å²) in [5.41, 5.74) is 7.39. The third-order valence-corrected chi connectivity index (χ3v) is 6.25. The van der Waals surface area contributed by atoms with E-state index >= 15 is 0 Å². The summed E-state index contributed by atoms with van der Waals surface area (Å²) in [6, 6.07) is 11.0. The SMILES string of the molecule is CCN(C(=O)c1ncc(Cl)cc1NS(=O)(=O)c1ccc(C)c(C)c1)c1cccc(N)n1. The molecule has 162 valence electrons. The first-order valence-corrected chi connectivity index (χ1v) is 11.3. The maximum absolute atomic E-state index is 13.2.